The van der Waals surface area contributed by atoms with Crippen molar-refractivity contribution in [3.63, 3.8) is 0 Å². The number of carbonyl (C=O) groups excluding carboxylic acids is 2. The lowest BCUT2D eigenvalue weighted by atomic mass is 9.79. The molecular weight excluding hydrogens is 510 g/mol. The molecule has 0 spiro atoms. The molecule has 1 aromatic heterocycles. The molecule has 2 unspecified atom stereocenters. The molecule has 3 N–H and O–H groups in total. The van der Waals surface area contributed by atoms with Crippen LogP contribution in [0, 0.1) is 0 Å². The van der Waals surface area contributed by atoms with Crippen LogP contribution in [0.3, 0.4) is 0 Å². The number of aromatic nitrogens is 2. The fourth-order valence-electron chi connectivity index (χ4n) is 5.84. The maximum absolute atomic E-state index is 13.6. The summed E-state index contributed by atoms with van der Waals surface area (Å²) in [5, 5.41) is 12.6. The second-order valence-corrected chi connectivity index (χ2v) is 15.9. The van der Waals surface area contributed by atoms with Crippen LogP contribution in [0.2, 0.25) is 19.1 Å². The summed E-state index contributed by atoms with van der Waals surface area (Å²) < 4.78 is 13.9. The highest BCUT2D eigenvalue weighted by Crippen LogP contribution is 2.44. The predicted octanol–water partition coefficient (Wildman–Crippen LogP) is 2.05. The molecule has 37 heavy (non-hydrogen) atoms. The average Bonchev–Trinajstić information content (AvgIpc) is 3.24. The minimum atomic E-state index is -2.30. The highest BCUT2D eigenvalue weighted by Gasteiger charge is 2.57. The molecule has 8 nitrogen and oxygen atoms in total. The van der Waals surface area contributed by atoms with Gasteiger partial charge in [-0.1, -0.05) is 50.3 Å². The van der Waals surface area contributed by atoms with Crippen molar-refractivity contribution in [1.82, 2.24) is 9.55 Å². The summed E-state index contributed by atoms with van der Waals surface area (Å²) in [7, 11) is -2.30. The van der Waals surface area contributed by atoms with Crippen LogP contribution in [0.1, 0.15) is 36.6 Å². The summed E-state index contributed by atoms with van der Waals surface area (Å²) in [4.78, 5) is 30.9. The Morgan fingerprint density at radius 1 is 1.38 bits per heavy atom. The first kappa shape index (κ1) is 25.8. The molecular formula is C27H32ClN3O5Si. The Balaban J connectivity index is 1.76. The van der Waals surface area contributed by atoms with Crippen molar-refractivity contribution in [1.29, 1.82) is 0 Å². The van der Waals surface area contributed by atoms with Gasteiger partial charge in [-0.2, -0.15) is 0 Å². The third-order valence-electron chi connectivity index (χ3n) is 7.81. The van der Waals surface area contributed by atoms with Crippen LogP contribution in [-0.4, -0.2) is 58.4 Å². The fourth-order valence-corrected chi connectivity index (χ4v) is 9.07. The Kier molecular flexibility index (Phi) is 6.58. The molecule has 0 fully saturated rings. The molecule has 0 radical (unpaired) electrons. The normalized spacial score (nSPS) is 22.4. The van der Waals surface area contributed by atoms with Crippen molar-refractivity contribution in [2.45, 2.75) is 63.2 Å². The first-order valence-electron chi connectivity index (χ1n) is 12.7. The number of carbonyl (C=O) groups is 2. The van der Waals surface area contributed by atoms with E-state index in [4.69, 9.17) is 31.8 Å². The zero-order chi connectivity index (χ0) is 26.5. The van der Waals surface area contributed by atoms with Gasteiger partial charge in [-0.05, 0) is 30.0 Å². The summed E-state index contributed by atoms with van der Waals surface area (Å²) in [6.07, 6.45) is 3.19. The van der Waals surface area contributed by atoms with Gasteiger partial charge in [-0.25, -0.2) is 9.78 Å². The van der Waals surface area contributed by atoms with Crippen LogP contribution in [-0.2, 0) is 32.0 Å². The summed E-state index contributed by atoms with van der Waals surface area (Å²) >= 11 is 6.02. The average molecular weight is 542 g/mol. The largest absolute Gasteiger partial charge is 0.505 e. The third-order valence-corrected chi connectivity index (χ3v) is 11.5. The smallest absolute Gasteiger partial charge is 0.355 e. The first-order chi connectivity index (χ1) is 17.7. The van der Waals surface area contributed by atoms with E-state index in [0.717, 1.165) is 29.1 Å². The number of nitrogens with zero attached hydrogens (tertiary/aromatic N) is 2. The van der Waals surface area contributed by atoms with Crippen LogP contribution in [0.4, 0.5) is 0 Å². The summed E-state index contributed by atoms with van der Waals surface area (Å²) in [5.74, 6) is -0.790. The monoisotopic (exact) mass is 541 g/mol. The minimum absolute atomic E-state index is 0.0355. The fraction of sp³-hybridized carbons (Fsp3) is 0.444. The maximum atomic E-state index is 13.6. The van der Waals surface area contributed by atoms with E-state index in [1.165, 1.54) is 0 Å². The lowest BCUT2D eigenvalue weighted by molar-refractivity contribution is -0.181. The molecule has 2 aliphatic heterocycles. The number of aliphatic hydroxyl groups excluding tert-OH is 1. The van der Waals surface area contributed by atoms with Crippen molar-refractivity contribution in [2.24, 2.45) is 5.73 Å². The van der Waals surface area contributed by atoms with Gasteiger partial charge in [-0.15, -0.1) is 11.6 Å². The number of hydrogen-bond donors (Lipinski definition) is 2. The van der Waals surface area contributed by atoms with Gasteiger partial charge in [0.2, 0.25) is 5.60 Å². The van der Waals surface area contributed by atoms with Crippen LogP contribution in [0.5, 0.6) is 0 Å². The quantitative estimate of drug-likeness (QED) is 0.267. The van der Waals surface area contributed by atoms with Crippen molar-refractivity contribution >= 4 is 43.4 Å². The second-order valence-electron chi connectivity index (χ2n) is 10.5. The number of cyclic esters (lactones) is 1. The van der Waals surface area contributed by atoms with Gasteiger partial charge in [-0.3, -0.25) is 4.79 Å². The molecule has 3 aliphatic rings. The lowest BCUT2D eigenvalue weighted by Crippen LogP contribution is -2.59. The number of alkyl halides is 1. The van der Waals surface area contributed by atoms with E-state index in [0.29, 0.717) is 34.6 Å². The standard InChI is InChI=1S/C27H32ClN3O5Si/c1-4-27(36-21(32)14-29)18-13-19-23(31-15-17-9-6-5-8-16(17)12-20(31)30-19)24(33)22(18)25(35-26(27)34)37(2,3)11-7-10-28/h5-6,8-9,12,25,33H,4,7,10-11,13-15,29H2,1-3H3. The second kappa shape index (κ2) is 9.45. The molecule has 0 saturated carbocycles. The molecule has 0 saturated heterocycles. The number of hydrogen-bond acceptors (Lipinski definition) is 7. The highest BCUT2D eigenvalue weighted by atomic mass is 35.5. The Morgan fingerprint density at radius 3 is 2.84 bits per heavy atom. The number of imidazole rings is 1. The third kappa shape index (κ3) is 4.04. The number of halogens is 1. The Morgan fingerprint density at radius 2 is 2.14 bits per heavy atom. The van der Waals surface area contributed by atoms with Crippen molar-refractivity contribution in [3.05, 3.63) is 63.1 Å². The summed E-state index contributed by atoms with van der Waals surface area (Å²) in [6, 6.07) is 8.89. The molecule has 10 heteroatoms. The van der Waals surface area contributed by atoms with Crippen LogP contribution >= 0.6 is 11.6 Å². The zero-order valence-electron chi connectivity index (χ0n) is 21.3. The van der Waals surface area contributed by atoms with E-state index in [2.05, 4.69) is 19.2 Å². The minimum Gasteiger partial charge on any atom is -0.505 e. The SMILES string of the molecule is CCC1(OC(=O)CN)C(=O)OC([Si](C)(C)CCCCl)C2=C1Cc1nc3n(c1=C2O)Cc1ccccc1C=3. The van der Waals surface area contributed by atoms with Crippen LogP contribution < -0.4 is 16.6 Å². The number of fused-ring (bicyclic) bond motifs is 4. The number of benzene rings is 1. The Hall–Kier alpha value is -2.88. The molecule has 0 bridgehead atoms. The summed E-state index contributed by atoms with van der Waals surface area (Å²) in [5.41, 5.74) is 7.96. The molecule has 2 aromatic rings. The van der Waals surface area contributed by atoms with E-state index >= 15 is 0 Å². The van der Waals surface area contributed by atoms with E-state index in [1.54, 1.807) is 6.92 Å². The van der Waals surface area contributed by atoms with E-state index in [-0.39, 0.29) is 25.1 Å². The van der Waals surface area contributed by atoms with Gasteiger partial charge < -0.3 is 24.9 Å². The molecule has 1 aromatic carbocycles. The molecule has 2 atom stereocenters. The van der Waals surface area contributed by atoms with Crippen molar-refractivity contribution in [3.8, 4) is 0 Å². The lowest BCUT2D eigenvalue weighted by Gasteiger charge is -2.45. The van der Waals surface area contributed by atoms with Crippen molar-refractivity contribution in [2.75, 3.05) is 12.4 Å². The predicted molar refractivity (Wildman–Crippen MR) is 143 cm³/mol. The molecule has 3 heterocycles. The number of ether oxygens (including phenoxy) is 2. The van der Waals surface area contributed by atoms with Crippen LogP contribution in [0.15, 0.2) is 35.4 Å². The highest BCUT2D eigenvalue weighted by molar-refractivity contribution is 6.79. The number of aliphatic hydroxyl groups is 1. The zero-order valence-corrected chi connectivity index (χ0v) is 23.1. The topological polar surface area (TPSA) is 117 Å². The van der Waals surface area contributed by atoms with Gasteiger partial charge in [0.05, 0.1) is 18.8 Å². The molecule has 5 rings (SSSR count). The summed E-state index contributed by atoms with van der Waals surface area (Å²) in [6.45, 7) is 6.22. The molecule has 0 amide bonds. The van der Waals surface area contributed by atoms with Gasteiger partial charge in [0, 0.05) is 23.4 Å². The Labute approximate surface area is 221 Å². The molecule has 1 aliphatic carbocycles. The van der Waals surface area contributed by atoms with Crippen molar-refractivity contribution < 1.29 is 24.2 Å². The number of nitrogens with two attached hydrogens (primary N) is 1. The first-order valence-corrected chi connectivity index (χ1v) is 16.5. The van der Waals surface area contributed by atoms with Gasteiger partial charge >= 0.3 is 11.9 Å². The van der Waals surface area contributed by atoms with Crippen LogP contribution in [0.25, 0.3) is 11.8 Å². The van der Waals surface area contributed by atoms with E-state index in [9.17, 15) is 14.7 Å². The van der Waals surface area contributed by atoms with E-state index < -0.39 is 31.3 Å². The maximum Gasteiger partial charge on any atom is 0.355 e. The number of rotatable bonds is 7. The molecule has 196 valence electrons. The van der Waals surface area contributed by atoms with Gasteiger partial charge in [0.1, 0.15) is 30.4 Å². The van der Waals surface area contributed by atoms with Gasteiger partial charge in [0.25, 0.3) is 0 Å². The Bertz CT molecular complexity index is 1450. The van der Waals surface area contributed by atoms with Gasteiger partial charge in [0.15, 0.2) is 0 Å². The van der Waals surface area contributed by atoms with E-state index in [1.807, 2.05) is 28.8 Å². The number of esters is 2.